The molecule has 2 aromatic carbocycles. The topological polar surface area (TPSA) is 23.6 Å². The van der Waals surface area contributed by atoms with Crippen molar-refractivity contribution in [1.29, 1.82) is 0 Å². The number of hydrogen-bond donors (Lipinski definition) is 0. The first-order chi connectivity index (χ1) is 11.6. The zero-order chi connectivity index (χ0) is 17.1. The van der Waals surface area contributed by atoms with Gasteiger partial charge in [-0.15, -0.1) is 0 Å². The van der Waals surface area contributed by atoms with Crippen molar-refractivity contribution in [2.45, 2.75) is 12.8 Å². The van der Waals surface area contributed by atoms with E-state index in [1.54, 1.807) is 0 Å². The summed E-state index contributed by atoms with van der Waals surface area (Å²) in [6.45, 7) is 5.34. The van der Waals surface area contributed by atoms with Gasteiger partial charge in [0, 0.05) is 18.7 Å². The van der Waals surface area contributed by atoms with E-state index >= 15 is 0 Å². The molecule has 0 saturated heterocycles. The summed E-state index contributed by atoms with van der Waals surface area (Å²) in [5, 5.41) is 0. The predicted octanol–water partition coefficient (Wildman–Crippen LogP) is 3.73. The van der Waals surface area contributed by atoms with Gasteiger partial charge in [0.2, 0.25) is 5.91 Å². The van der Waals surface area contributed by atoms with E-state index in [0.29, 0.717) is 6.54 Å². The molecule has 0 spiro atoms. The maximum Gasteiger partial charge on any atom is 0.250 e. The number of fused-ring (bicyclic) bond motifs is 3. The van der Waals surface area contributed by atoms with Crippen molar-refractivity contribution in [2.24, 2.45) is 0 Å². The summed E-state index contributed by atoms with van der Waals surface area (Å²) < 4.78 is 0. The van der Waals surface area contributed by atoms with Crippen LogP contribution < -0.4 is 4.90 Å². The molecule has 0 aromatic heterocycles. The second-order valence-electron chi connectivity index (χ2n) is 6.49. The van der Waals surface area contributed by atoms with Crippen LogP contribution in [-0.4, -0.2) is 38.0 Å². The monoisotopic (exact) mass is 320 g/mol. The van der Waals surface area contributed by atoms with Crippen LogP contribution in [0.1, 0.15) is 17.5 Å². The van der Waals surface area contributed by atoms with Crippen LogP contribution in [-0.2, 0) is 11.2 Å². The van der Waals surface area contributed by atoms with Gasteiger partial charge in [0.15, 0.2) is 0 Å². The lowest BCUT2D eigenvalue weighted by molar-refractivity contribution is -0.114. The molecule has 124 valence electrons. The molecule has 3 nitrogen and oxygen atoms in total. The summed E-state index contributed by atoms with van der Waals surface area (Å²) >= 11 is 0. The Kier molecular flexibility index (Phi) is 4.81. The smallest absolute Gasteiger partial charge is 0.250 e. The highest BCUT2D eigenvalue weighted by Crippen LogP contribution is 2.41. The number of carbonyl (C=O) groups is 1. The zero-order valence-electron chi connectivity index (χ0n) is 14.5. The van der Waals surface area contributed by atoms with E-state index in [1.165, 1.54) is 28.3 Å². The highest BCUT2D eigenvalue weighted by Gasteiger charge is 2.24. The summed E-state index contributed by atoms with van der Waals surface area (Å²) in [4.78, 5) is 16.5. The van der Waals surface area contributed by atoms with Crippen LogP contribution in [0.5, 0.6) is 0 Å². The molecule has 0 heterocycles. The summed E-state index contributed by atoms with van der Waals surface area (Å²) in [7, 11) is 4.10. The van der Waals surface area contributed by atoms with Crippen molar-refractivity contribution in [3.8, 4) is 11.1 Å². The van der Waals surface area contributed by atoms with Gasteiger partial charge in [-0.1, -0.05) is 43.0 Å². The van der Waals surface area contributed by atoms with Crippen LogP contribution in [0, 0.1) is 0 Å². The number of anilines is 1. The average molecular weight is 320 g/mol. The summed E-state index contributed by atoms with van der Waals surface area (Å²) in [5.41, 5.74) is 6.14. The Bertz CT molecular complexity index is 764. The molecular formula is C21H24N2O. The summed E-state index contributed by atoms with van der Waals surface area (Å²) in [5.74, 6) is -0.0295. The van der Waals surface area contributed by atoms with Crippen molar-refractivity contribution in [3.63, 3.8) is 0 Å². The van der Waals surface area contributed by atoms with E-state index in [1.807, 2.05) is 11.0 Å². The summed E-state index contributed by atoms with van der Waals surface area (Å²) in [6, 6.07) is 14.7. The molecule has 0 saturated carbocycles. The molecule has 0 unspecified atom stereocenters. The first-order valence-electron chi connectivity index (χ1n) is 8.40. The first-order valence-corrected chi connectivity index (χ1v) is 8.40. The van der Waals surface area contributed by atoms with E-state index < -0.39 is 0 Å². The third-order valence-corrected chi connectivity index (χ3v) is 4.54. The molecule has 1 amide bonds. The Labute approximate surface area is 144 Å². The van der Waals surface area contributed by atoms with Crippen LogP contribution in [0.25, 0.3) is 11.1 Å². The number of nitrogens with zero attached hydrogens (tertiary/aromatic N) is 2. The third kappa shape index (κ3) is 3.13. The lowest BCUT2D eigenvalue weighted by atomic mass is 10.0. The van der Waals surface area contributed by atoms with Gasteiger partial charge >= 0.3 is 0 Å². The fourth-order valence-electron chi connectivity index (χ4n) is 3.40. The van der Waals surface area contributed by atoms with Gasteiger partial charge in [-0.3, -0.25) is 4.79 Å². The molecule has 2 aromatic rings. The fourth-order valence-corrected chi connectivity index (χ4v) is 3.40. The first kappa shape index (κ1) is 16.5. The number of amides is 1. The van der Waals surface area contributed by atoms with Crippen molar-refractivity contribution in [2.75, 3.05) is 32.1 Å². The van der Waals surface area contributed by atoms with Crippen LogP contribution in [0.4, 0.5) is 5.69 Å². The molecule has 0 aliphatic heterocycles. The maximum absolute atomic E-state index is 12.5. The Morgan fingerprint density at radius 3 is 2.58 bits per heavy atom. The minimum absolute atomic E-state index is 0.0295. The van der Waals surface area contributed by atoms with Gasteiger partial charge in [-0.25, -0.2) is 0 Å². The minimum Gasteiger partial charge on any atom is -0.309 e. The van der Waals surface area contributed by atoms with Crippen LogP contribution in [0.3, 0.4) is 0 Å². The third-order valence-electron chi connectivity index (χ3n) is 4.54. The highest BCUT2D eigenvalue weighted by atomic mass is 16.2. The van der Waals surface area contributed by atoms with Gasteiger partial charge in [0.05, 0.1) is 0 Å². The second kappa shape index (κ2) is 7.02. The SMILES string of the molecule is C=CC(=O)N(CCCN(C)C)c1cccc2c1Cc1ccccc1-2. The molecule has 0 bridgehead atoms. The molecule has 3 rings (SSSR count). The van der Waals surface area contributed by atoms with E-state index in [9.17, 15) is 4.79 Å². The van der Waals surface area contributed by atoms with Crippen molar-refractivity contribution in [3.05, 3.63) is 66.2 Å². The molecule has 0 N–H and O–H groups in total. The molecule has 0 atom stereocenters. The Balaban J connectivity index is 1.95. The quantitative estimate of drug-likeness (QED) is 0.646. The van der Waals surface area contributed by atoms with Crippen molar-refractivity contribution < 1.29 is 4.79 Å². The fraction of sp³-hybridized carbons (Fsp3) is 0.286. The van der Waals surface area contributed by atoms with Crippen LogP contribution in [0.2, 0.25) is 0 Å². The molecule has 0 fully saturated rings. The van der Waals surface area contributed by atoms with Crippen molar-refractivity contribution >= 4 is 11.6 Å². The largest absolute Gasteiger partial charge is 0.309 e. The zero-order valence-corrected chi connectivity index (χ0v) is 14.5. The lowest BCUT2D eigenvalue weighted by Crippen LogP contribution is -2.32. The van der Waals surface area contributed by atoms with E-state index in [0.717, 1.165) is 25.1 Å². The Hall–Kier alpha value is -2.39. The summed E-state index contributed by atoms with van der Waals surface area (Å²) in [6.07, 6.45) is 3.23. The van der Waals surface area contributed by atoms with E-state index in [4.69, 9.17) is 0 Å². The van der Waals surface area contributed by atoms with E-state index in [2.05, 4.69) is 62.0 Å². The van der Waals surface area contributed by atoms with Crippen molar-refractivity contribution in [1.82, 2.24) is 4.90 Å². The van der Waals surface area contributed by atoms with Crippen LogP contribution >= 0.6 is 0 Å². The highest BCUT2D eigenvalue weighted by molar-refractivity contribution is 6.02. The van der Waals surface area contributed by atoms with E-state index in [-0.39, 0.29) is 5.91 Å². The molecule has 1 aliphatic carbocycles. The number of benzene rings is 2. The second-order valence-corrected chi connectivity index (χ2v) is 6.49. The molecular weight excluding hydrogens is 296 g/mol. The minimum atomic E-state index is -0.0295. The van der Waals surface area contributed by atoms with Gasteiger partial charge < -0.3 is 9.80 Å². The Morgan fingerprint density at radius 2 is 1.83 bits per heavy atom. The molecule has 1 aliphatic rings. The molecule has 3 heteroatoms. The van der Waals surface area contributed by atoms with Gasteiger partial charge in [0.1, 0.15) is 0 Å². The van der Waals surface area contributed by atoms with Gasteiger partial charge in [-0.05, 0) is 61.5 Å². The van der Waals surface area contributed by atoms with Gasteiger partial charge in [-0.2, -0.15) is 0 Å². The maximum atomic E-state index is 12.5. The van der Waals surface area contributed by atoms with Gasteiger partial charge in [0.25, 0.3) is 0 Å². The molecule has 0 radical (unpaired) electrons. The average Bonchev–Trinajstić information content (AvgIpc) is 2.97. The number of hydrogen-bond acceptors (Lipinski definition) is 2. The van der Waals surface area contributed by atoms with Crippen LogP contribution in [0.15, 0.2) is 55.1 Å². The number of carbonyl (C=O) groups excluding carboxylic acids is 1. The predicted molar refractivity (Wildman–Crippen MR) is 100 cm³/mol. The standard InChI is InChI=1S/C21H24N2O/c1-4-21(24)23(14-8-13-22(2)3)20-12-7-11-18-17-10-6-5-9-16(17)15-19(18)20/h4-7,9-12H,1,8,13-15H2,2-3H3. The number of rotatable bonds is 6. The lowest BCUT2D eigenvalue weighted by Gasteiger charge is -2.25. The molecule has 24 heavy (non-hydrogen) atoms. The Morgan fingerprint density at radius 1 is 1.08 bits per heavy atom. The normalized spacial score (nSPS) is 12.0.